The van der Waals surface area contributed by atoms with E-state index >= 15 is 0 Å². The van der Waals surface area contributed by atoms with Gasteiger partial charge in [0.1, 0.15) is 17.7 Å². The molecule has 2 aromatic rings. The highest BCUT2D eigenvalue weighted by Crippen LogP contribution is 2.36. The molecule has 1 saturated heterocycles. The van der Waals surface area contributed by atoms with Gasteiger partial charge in [-0.05, 0) is 12.8 Å². The largest absolute Gasteiger partial charge is 0.380 e. The van der Waals surface area contributed by atoms with Crippen LogP contribution in [0.2, 0.25) is 0 Å². The van der Waals surface area contributed by atoms with Gasteiger partial charge in [-0.2, -0.15) is 4.98 Å². The molecule has 2 atom stereocenters. The van der Waals surface area contributed by atoms with Gasteiger partial charge in [0.2, 0.25) is 5.89 Å². The lowest BCUT2D eigenvalue weighted by atomic mass is 10.1. The smallest absolute Gasteiger partial charge is 0.249 e. The van der Waals surface area contributed by atoms with Crippen molar-refractivity contribution < 1.29 is 9.26 Å². The van der Waals surface area contributed by atoms with E-state index in [0.29, 0.717) is 17.6 Å². The van der Waals surface area contributed by atoms with Crippen LogP contribution in [-0.2, 0) is 4.74 Å². The number of nitrogens with zero attached hydrogens (tertiary/aromatic N) is 5. The highest BCUT2D eigenvalue weighted by Gasteiger charge is 2.38. The van der Waals surface area contributed by atoms with Crippen LogP contribution >= 0.6 is 0 Å². The van der Waals surface area contributed by atoms with Gasteiger partial charge in [0.05, 0.1) is 6.10 Å². The maximum Gasteiger partial charge on any atom is 0.249 e. The molecule has 0 aromatic carbocycles. The molecule has 1 aliphatic heterocycles. The van der Waals surface area contributed by atoms with E-state index in [1.807, 2.05) is 6.92 Å². The van der Waals surface area contributed by atoms with Crippen LogP contribution in [0, 0.1) is 6.92 Å². The summed E-state index contributed by atoms with van der Waals surface area (Å²) in [5.41, 5.74) is 1.05. The second-order valence-corrected chi connectivity index (χ2v) is 7.26. The third-order valence-corrected chi connectivity index (χ3v) is 4.58. The Labute approximate surface area is 148 Å². The van der Waals surface area contributed by atoms with Crippen LogP contribution in [0.25, 0.3) is 0 Å². The van der Waals surface area contributed by atoms with E-state index < -0.39 is 0 Å². The van der Waals surface area contributed by atoms with Gasteiger partial charge < -0.3 is 14.2 Å². The molecular formula is C18H27N5O2. The maximum absolute atomic E-state index is 5.60. The van der Waals surface area contributed by atoms with Crippen LogP contribution in [0.4, 0.5) is 5.82 Å². The van der Waals surface area contributed by atoms with Crippen molar-refractivity contribution in [2.75, 3.05) is 18.6 Å². The zero-order chi connectivity index (χ0) is 18.1. The van der Waals surface area contributed by atoms with Crippen LogP contribution in [0.5, 0.6) is 0 Å². The van der Waals surface area contributed by atoms with Crippen molar-refractivity contribution in [1.29, 1.82) is 0 Å². The Morgan fingerprint density at radius 3 is 2.48 bits per heavy atom. The first kappa shape index (κ1) is 17.8. The van der Waals surface area contributed by atoms with E-state index in [1.54, 1.807) is 7.11 Å². The first-order chi connectivity index (χ1) is 11.9. The van der Waals surface area contributed by atoms with Crippen molar-refractivity contribution >= 4 is 5.82 Å². The molecule has 2 unspecified atom stereocenters. The predicted octanol–water partition coefficient (Wildman–Crippen LogP) is 3.38. The van der Waals surface area contributed by atoms with E-state index in [0.717, 1.165) is 30.3 Å². The van der Waals surface area contributed by atoms with Crippen LogP contribution in [0.1, 0.15) is 75.2 Å². The molecule has 0 spiro atoms. The minimum absolute atomic E-state index is 0.0268. The summed E-state index contributed by atoms with van der Waals surface area (Å²) in [6.07, 6.45) is 0.910. The summed E-state index contributed by atoms with van der Waals surface area (Å²) in [6.45, 7) is 11.1. The summed E-state index contributed by atoms with van der Waals surface area (Å²) in [7, 11) is 1.74. The van der Waals surface area contributed by atoms with Crippen molar-refractivity contribution in [1.82, 2.24) is 20.1 Å². The van der Waals surface area contributed by atoms with Gasteiger partial charge in [0, 0.05) is 37.8 Å². The van der Waals surface area contributed by atoms with Crippen molar-refractivity contribution in [2.24, 2.45) is 0 Å². The van der Waals surface area contributed by atoms with E-state index in [2.05, 4.69) is 48.8 Å². The van der Waals surface area contributed by atoms with Gasteiger partial charge in [-0.3, -0.25) is 0 Å². The molecule has 136 valence electrons. The molecule has 0 saturated carbocycles. The molecule has 2 aromatic heterocycles. The van der Waals surface area contributed by atoms with Gasteiger partial charge in [0.25, 0.3) is 0 Å². The monoisotopic (exact) mass is 345 g/mol. The van der Waals surface area contributed by atoms with E-state index in [9.17, 15) is 0 Å². The van der Waals surface area contributed by atoms with Gasteiger partial charge in [-0.1, -0.05) is 32.9 Å². The molecule has 0 bridgehead atoms. The Bertz CT molecular complexity index is 702. The number of methoxy groups -OCH3 is 1. The zero-order valence-electron chi connectivity index (χ0n) is 15.9. The van der Waals surface area contributed by atoms with Crippen molar-refractivity contribution in [3.8, 4) is 0 Å². The fourth-order valence-corrected chi connectivity index (χ4v) is 3.08. The second-order valence-electron chi connectivity index (χ2n) is 7.26. The molecule has 0 aliphatic carbocycles. The van der Waals surface area contributed by atoms with Gasteiger partial charge in [0.15, 0.2) is 5.82 Å². The summed E-state index contributed by atoms with van der Waals surface area (Å²) in [4.78, 5) is 16.2. The summed E-state index contributed by atoms with van der Waals surface area (Å²) in [5.74, 6) is 3.63. The number of rotatable bonds is 5. The zero-order valence-corrected chi connectivity index (χ0v) is 15.9. The normalized spacial score (nSPS) is 20.9. The fraction of sp³-hybridized carbons (Fsp3) is 0.667. The first-order valence-electron chi connectivity index (χ1n) is 8.87. The minimum Gasteiger partial charge on any atom is -0.380 e. The summed E-state index contributed by atoms with van der Waals surface area (Å²) in [5, 5.41) is 3.95. The van der Waals surface area contributed by atoms with E-state index in [1.165, 1.54) is 0 Å². The number of anilines is 1. The lowest BCUT2D eigenvalue weighted by Gasteiger charge is -2.24. The molecule has 7 heteroatoms. The van der Waals surface area contributed by atoms with Gasteiger partial charge in [-0.25, -0.2) is 9.97 Å². The summed E-state index contributed by atoms with van der Waals surface area (Å²) < 4.78 is 11.0. The lowest BCUT2D eigenvalue weighted by Crippen LogP contribution is -2.27. The van der Waals surface area contributed by atoms with E-state index in [-0.39, 0.29) is 18.1 Å². The fourth-order valence-electron chi connectivity index (χ4n) is 3.08. The molecule has 1 fully saturated rings. The highest BCUT2D eigenvalue weighted by molar-refractivity contribution is 5.44. The molecule has 3 heterocycles. The Balaban J connectivity index is 2.02. The van der Waals surface area contributed by atoms with Crippen LogP contribution in [0.15, 0.2) is 10.6 Å². The summed E-state index contributed by atoms with van der Waals surface area (Å²) in [6, 6.07) is 2.05. The molecule has 0 radical (unpaired) electrons. The SMILES string of the molecule is COC1CC(c2nc(C)no2)N(c2cc(C(C)C)nc(C(C)C)n2)C1. The topological polar surface area (TPSA) is 77.2 Å². The van der Waals surface area contributed by atoms with Crippen molar-refractivity contribution in [3.05, 3.63) is 29.3 Å². The molecular weight excluding hydrogens is 318 g/mol. The maximum atomic E-state index is 5.60. The van der Waals surface area contributed by atoms with Gasteiger partial charge >= 0.3 is 0 Å². The first-order valence-corrected chi connectivity index (χ1v) is 8.87. The molecule has 7 nitrogen and oxygen atoms in total. The number of hydrogen-bond acceptors (Lipinski definition) is 7. The highest BCUT2D eigenvalue weighted by atomic mass is 16.5. The van der Waals surface area contributed by atoms with Gasteiger partial charge in [-0.15, -0.1) is 0 Å². The third kappa shape index (κ3) is 3.66. The molecule has 25 heavy (non-hydrogen) atoms. The molecule has 0 amide bonds. The number of hydrogen-bond donors (Lipinski definition) is 0. The summed E-state index contributed by atoms with van der Waals surface area (Å²) >= 11 is 0. The Morgan fingerprint density at radius 1 is 1.16 bits per heavy atom. The van der Waals surface area contributed by atoms with Crippen LogP contribution in [0.3, 0.4) is 0 Å². The Kier molecular flexibility index (Phi) is 5.03. The molecule has 0 N–H and O–H groups in total. The number of aromatic nitrogens is 4. The van der Waals surface area contributed by atoms with Crippen LogP contribution < -0.4 is 4.90 Å². The van der Waals surface area contributed by atoms with Crippen molar-refractivity contribution in [3.63, 3.8) is 0 Å². The standard InChI is InChI=1S/C18H27N5O2/c1-10(2)14-8-16(21-17(20-14)11(3)4)23-9-13(24-6)7-15(23)18-19-12(5)22-25-18/h8,10-11,13,15H,7,9H2,1-6H3. The molecule has 3 rings (SSSR count). The Morgan fingerprint density at radius 2 is 1.92 bits per heavy atom. The minimum atomic E-state index is -0.0268. The van der Waals surface area contributed by atoms with Crippen LogP contribution in [-0.4, -0.2) is 39.9 Å². The number of ether oxygens (including phenoxy) is 1. The average Bonchev–Trinajstić information content (AvgIpc) is 3.20. The average molecular weight is 345 g/mol. The molecule has 1 aliphatic rings. The quantitative estimate of drug-likeness (QED) is 0.822. The predicted molar refractivity (Wildman–Crippen MR) is 94.7 cm³/mol. The lowest BCUT2D eigenvalue weighted by molar-refractivity contribution is 0.117. The Hall–Kier alpha value is -2.02. The number of aryl methyl sites for hydroxylation is 1. The second kappa shape index (κ2) is 7.07. The van der Waals surface area contributed by atoms with E-state index in [4.69, 9.17) is 19.2 Å². The van der Waals surface area contributed by atoms with Crippen molar-refractivity contribution in [2.45, 2.75) is 65.0 Å². The third-order valence-electron chi connectivity index (χ3n) is 4.58.